The largest absolute Gasteiger partial charge is 0.383 e. The summed E-state index contributed by atoms with van der Waals surface area (Å²) in [5.41, 5.74) is 0.962. The molecule has 0 radical (unpaired) electrons. The highest BCUT2D eigenvalue weighted by atomic mass is 16.5. The van der Waals surface area contributed by atoms with Crippen LogP contribution in [0.2, 0.25) is 0 Å². The van der Waals surface area contributed by atoms with Gasteiger partial charge in [-0.15, -0.1) is 0 Å². The lowest BCUT2D eigenvalue weighted by molar-refractivity contribution is -0.149. The van der Waals surface area contributed by atoms with E-state index in [0.717, 1.165) is 0 Å². The molecule has 1 aliphatic carbocycles. The zero-order valence-corrected chi connectivity index (χ0v) is 21.6. The van der Waals surface area contributed by atoms with Gasteiger partial charge < -0.3 is 19.9 Å². The van der Waals surface area contributed by atoms with Crippen LogP contribution in [0.1, 0.15) is 34.5 Å². The van der Waals surface area contributed by atoms with Crippen LogP contribution in [-0.4, -0.2) is 97.5 Å². The van der Waals surface area contributed by atoms with Gasteiger partial charge in [-0.05, 0) is 33.0 Å². The van der Waals surface area contributed by atoms with Crippen molar-refractivity contribution in [3.63, 3.8) is 0 Å². The fourth-order valence-corrected chi connectivity index (χ4v) is 5.42. The first-order valence-electron chi connectivity index (χ1n) is 12.5. The number of hydrogen-bond acceptors (Lipinski definition) is 9. The molecular formula is C26H30N8O4. The number of methoxy groups -OCH3 is 1. The molecule has 2 N–H and O–H groups in total. The number of hydrogen-bond donors (Lipinski definition) is 2. The Balaban J connectivity index is 1.40. The van der Waals surface area contributed by atoms with Crippen LogP contribution in [0.5, 0.6) is 0 Å². The standard InChI is InChI=1S/C26H30N8O4/c1-32(2)19-13-33(14-19)24(36)26-9-18(10-26)34(23-20(26)5-4-17(15-35)30-23)25(37)31-22-8-21(28-6-7-38-3)16(11-27)12-29-22/h4-5,8,12,15,18-19H,6-7,9-10,13-14H2,1-3H3,(H2,28,29,31,37). The second-order valence-electron chi connectivity index (χ2n) is 10.1. The normalized spacial score (nSPS) is 21.6. The summed E-state index contributed by atoms with van der Waals surface area (Å²) in [5, 5.41) is 15.3. The van der Waals surface area contributed by atoms with Crippen molar-refractivity contribution in [2.24, 2.45) is 0 Å². The van der Waals surface area contributed by atoms with E-state index < -0.39 is 11.4 Å². The van der Waals surface area contributed by atoms with Crippen LogP contribution >= 0.6 is 0 Å². The summed E-state index contributed by atoms with van der Waals surface area (Å²) in [6.07, 6.45) is 2.99. The molecule has 1 saturated carbocycles. The van der Waals surface area contributed by atoms with Crippen molar-refractivity contribution in [3.05, 3.63) is 41.2 Å². The molecule has 12 heteroatoms. The van der Waals surface area contributed by atoms with E-state index in [4.69, 9.17) is 4.74 Å². The zero-order chi connectivity index (χ0) is 27.0. The van der Waals surface area contributed by atoms with Gasteiger partial charge >= 0.3 is 6.03 Å². The smallest absolute Gasteiger partial charge is 0.328 e. The van der Waals surface area contributed by atoms with Gasteiger partial charge in [-0.2, -0.15) is 5.26 Å². The van der Waals surface area contributed by atoms with E-state index in [1.165, 1.54) is 11.1 Å². The molecule has 3 aliphatic heterocycles. The lowest BCUT2D eigenvalue weighted by atomic mass is 9.57. The monoisotopic (exact) mass is 518 g/mol. The van der Waals surface area contributed by atoms with Crippen molar-refractivity contribution in [1.29, 1.82) is 5.26 Å². The van der Waals surface area contributed by atoms with Gasteiger partial charge in [0, 0.05) is 56.7 Å². The molecule has 0 spiro atoms. The number of nitrogens with one attached hydrogen (secondary N) is 2. The van der Waals surface area contributed by atoms with Crippen LogP contribution in [0, 0.1) is 11.3 Å². The quantitative estimate of drug-likeness (QED) is 0.392. The first-order chi connectivity index (χ1) is 18.3. The van der Waals surface area contributed by atoms with E-state index in [1.807, 2.05) is 19.0 Å². The molecule has 4 aliphatic rings. The number of carbonyl (C=O) groups is 3. The van der Waals surface area contributed by atoms with Gasteiger partial charge in [-0.1, -0.05) is 6.07 Å². The predicted molar refractivity (Wildman–Crippen MR) is 139 cm³/mol. The number of likely N-dealkylation sites (tertiary alicyclic amines) is 1. The van der Waals surface area contributed by atoms with Gasteiger partial charge in [0.2, 0.25) is 5.91 Å². The van der Waals surface area contributed by atoms with Gasteiger partial charge in [-0.25, -0.2) is 14.8 Å². The molecule has 2 bridgehead atoms. The molecule has 0 aromatic carbocycles. The molecule has 2 aromatic rings. The Kier molecular flexibility index (Phi) is 6.73. The topological polar surface area (TPSA) is 144 Å². The number of pyridine rings is 2. The van der Waals surface area contributed by atoms with Crippen LogP contribution in [0.15, 0.2) is 24.4 Å². The van der Waals surface area contributed by atoms with Crippen molar-refractivity contribution in [2.75, 3.05) is 63.0 Å². The molecule has 12 nitrogen and oxygen atoms in total. The minimum absolute atomic E-state index is 0.0503. The highest BCUT2D eigenvalue weighted by Gasteiger charge is 2.62. The summed E-state index contributed by atoms with van der Waals surface area (Å²) < 4.78 is 5.05. The summed E-state index contributed by atoms with van der Waals surface area (Å²) in [4.78, 5) is 52.9. The Morgan fingerprint density at radius 2 is 2.08 bits per heavy atom. The predicted octanol–water partition coefficient (Wildman–Crippen LogP) is 1.44. The van der Waals surface area contributed by atoms with Crippen molar-refractivity contribution in [1.82, 2.24) is 19.8 Å². The van der Waals surface area contributed by atoms with E-state index in [0.29, 0.717) is 74.0 Å². The Bertz CT molecular complexity index is 1310. The summed E-state index contributed by atoms with van der Waals surface area (Å²) >= 11 is 0. The van der Waals surface area contributed by atoms with Crippen molar-refractivity contribution in [3.8, 4) is 6.07 Å². The van der Waals surface area contributed by atoms with Gasteiger partial charge in [0.15, 0.2) is 6.29 Å². The molecule has 198 valence electrons. The molecule has 2 fully saturated rings. The Morgan fingerprint density at radius 1 is 1.32 bits per heavy atom. The van der Waals surface area contributed by atoms with Gasteiger partial charge in [0.05, 0.1) is 23.3 Å². The highest BCUT2D eigenvalue weighted by Crippen LogP contribution is 2.56. The van der Waals surface area contributed by atoms with E-state index in [1.54, 1.807) is 25.3 Å². The van der Waals surface area contributed by atoms with Crippen LogP contribution < -0.4 is 15.5 Å². The average Bonchev–Trinajstić information content (AvgIpc) is 2.86. The summed E-state index contributed by atoms with van der Waals surface area (Å²) in [5.74, 6) is 0.624. The van der Waals surface area contributed by atoms with Crippen LogP contribution in [0.3, 0.4) is 0 Å². The maximum Gasteiger partial charge on any atom is 0.328 e. The fourth-order valence-electron chi connectivity index (χ4n) is 5.42. The van der Waals surface area contributed by atoms with E-state index >= 15 is 0 Å². The third-order valence-electron chi connectivity index (χ3n) is 7.68. The van der Waals surface area contributed by atoms with Crippen molar-refractivity contribution in [2.45, 2.75) is 30.3 Å². The van der Waals surface area contributed by atoms with Crippen LogP contribution in [-0.2, 0) is 14.9 Å². The van der Waals surface area contributed by atoms with Crippen molar-refractivity contribution >= 4 is 35.5 Å². The maximum atomic E-state index is 13.6. The molecule has 2 aromatic heterocycles. The Morgan fingerprint density at radius 3 is 2.74 bits per heavy atom. The number of aldehydes is 1. The minimum Gasteiger partial charge on any atom is -0.383 e. The van der Waals surface area contributed by atoms with Crippen molar-refractivity contribution < 1.29 is 19.1 Å². The van der Waals surface area contributed by atoms with Gasteiger partial charge in [-0.3, -0.25) is 19.8 Å². The third kappa shape index (κ3) is 4.23. The number of likely N-dealkylation sites (N-methyl/N-ethyl adjacent to an activating group) is 1. The molecule has 0 atom stereocenters. The first kappa shape index (κ1) is 25.6. The second-order valence-corrected chi connectivity index (χ2v) is 10.1. The van der Waals surface area contributed by atoms with Crippen LogP contribution in [0.4, 0.5) is 22.1 Å². The molecule has 5 heterocycles. The highest BCUT2D eigenvalue weighted by molar-refractivity contribution is 6.06. The van der Waals surface area contributed by atoms with E-state index in [9.17, 15) is 19.6 Å². The molecular weight excluding hydrogens is 488 g/mol. The number of rotatable bonds is 8. The van der Waals surface area contributed by atoms with E-state index in [-0.39, 0.29) is 23.5 Å². The fraction of sp³-hybridized carbons (Fsp3) is 0.462. The zero-order valence-electron chi connectivity index (χ0n) is 21.6. The molecule has 3 amide bonds. The number of urea groups is 1. The molecule has 1 saturated heterocycles. The SMILES string of the molecule is COCCNc1cc(NC(=O)N2c3nc(C=O)ccc3C3(C(=O)N4CC(N(C)C)C4)CC2C3)ncc1C#N. The second kappa shape index (κ2) is 10.00. The number of anilines is 3. The number of ether oxygens (including phenoxy) is 1. The lowest BCUT2D eigenvalue weighted by Gasteiger charge is -2.58. The number of aromatic nitrogens is 2. The summed E-state index contributed by atoms with van der Waals surface area (Å²) in [6.45, 7) is 2.26. The number of nitrogens with zero attached hydrogens (tertiary/aromatic N) is 6. The van der Waals surface area contributed by atoms with Crippen LogP contribution in [0.25, 0.3) is 0 Å². The molecule has 38 heavy (non-hydrogen) atoms. The van der Waals surface area contributed by atoms with Gasteiger partial charge in [0.1, 0.15) is 23.4 Å². The van der Waals surface area contributed by atoms with E-state index in [2.05, 4.69) is 31.6 Å². The Labute approximate surface area is 220 Å². The lowest BCUT2D eigenvalue weighted by Crippen LogP contribution is -2.70. The summed E-state index contributed by atoms with van der Waals surface area (Å²) in [6, 6.07) is 6.63. The first-order valence-corrected chi connectivity index (χ1v) is 12.5. The average molecular weight is 519 g/mol. The van der Waals surface area contributed by atoms with Gasteiger partial charge in [0.25, 0.3) is 0 Å². The minimum atomic E-state index is -0.742. The Hall–Kier alpha value is -4.08. The maximum absolute atomic E-state index is 13.6. The number of carbonyl (C=O) groups excluding carboxylic acids is 3. The molecule has 0 unspecified atom stereocenters. The molecule has 6 rings (SSSR count). The number of amides is 3. The number of nitriles is 1. The summed E-state index contributed by atoms with van der Waals surface area (Å²) in [7, 11) is 5.59. The third-order valence-corrected chi connectivity index (χ3v) is 7.68.